The Bertz CT molecular complexity index is 1410. The summed E-state index contributed by atoms with van der Waals surface area (Å²) in [6, 6.07) is 17.4. The Morgan fingerprint density at radius 2 is 1.86 bits per heavy atom. The number of aromatic nitrogens is 2. The van der Waals surface area contributed by atoms with Crippen LogP contribution in [0, 0.1) is 6.92 Å². The maximum Gasteiger partial charge on any atom is 0.295 e. The van der Waals surface area contributed by atoms with Crippen LogP contribution in [0.5, 0.6) is 5.75 Å². The second-order valence-electron chi connectivity index (χ2n) is 8.90. The molecule has 0 bridgehead atoms. The molecule has 0 radical (unpaired) electrons. The SMILES string of the molecule is Cc1ccccc1COc1ccc(/C(O)=C2\C(=O)C(=O)N(CCCn3ccnc3)[C@H]2c2ccco2)cc1. The lowest BCUT2D eigenvalue weighted by Crippen LogP contribution is -2.31. The predicted octanol–water partition coefficient (Wildman–Crippen LogP) is 4.88. The van der Waals surface area contributed by atoms with Crippen LogP contribution in [0.1, 0.15) is 34.9 Å². The first kappa shape index (κ1) is 24.1. The Hall–Kier alpha value is -4.59. The van der Waals surface area contributed by atoms with Crippen LogP contribution in [-0.4, -0.2) is 37.8 Å². The van der Waals surface area contributed by atoms with Gasteiger partial charge in [0.15, 0.2) is 0 Å². The highest BCUT2D eigenvalue weighted by atomic mass is 16.5. The molecule has 1 amide bonds. The summed E-state index contributed by atoms with van der Waals surface area (Å²) in [6.07, 6.45) is 7.32. The molecule has 0 aliphatic carbocycles. The van der Waals surface area contributed by atoms with Crippen LogP contribution in [0.4, 0.5) is 0 Å². The van der Waals surface area contributed by atoms with Crippen molar-refractivity contribution < 1.29 is 23.8 Å². The maximum atomic E-state index is 13.1. The highest BCUT2D eigenvalue weighted by molar-refractivity contribution is 6.46. The average molecular weight is 498 g/mol. The monoisotopic (exact) mass is 497 g/mol. The molecule has 188 valence electrons. The van der Waals surface area contributed by atoms with Crippen molar-refractivity contribution in [2.45, 2.75) is 32.5 Å². The quantitative estimate of drug-likeness (QED) is 0.201. The molecular formula is C29H27N3O5. The number of ether oxygens (including phenoxy) is 1. The fraction of sp³-hybridized carbons (Fsp3) is 0.207. The third kappa shape index (κ3) is 5.04. The van der Waals surface area contributed by atoms with Crippen LogP contribution in [0.25, 0.3) is 5.76 Å². The standard InChI is InChI=1S/C29H27N3O5/c1-20-6-2-3-7-22(20)18-37-23-11-9-21(10-12-23)27(33)25-26(24-8-4-17-36-24)32(29(35)28(25)34)15-5-14-31-16-13-30-19-31/h2-4,6-13,16-17,19,26,33H,5,14-15,18H2,1H3/b27-25+/t26-/m0/s1. The summed E-state index contributed by atoms with van der Waals surface area (Å²) in [4.78, 5) is 31.6. The molecule has 8 nitrogen and oxygen atoms in total. The van der Waals surface area contributed by atoms with Gasteiger partial charge in [0, 0.05) is 31.0 Å². The number of likely N-dealkylation sites (tertiary alicyclic amines) is 1. The van der Waals surface area contributed by atoms with E-state index in [1.165, 1.54) is 11.2 Å². The molecule has 1 atom stereocenters. The van der Waals surface area contributed by atoms with Crippen molar-refractivity contribution in [3.63, 3.8) is 0 Å². The molecule has 1 aliphatic heterocycles. The number of aliphatic hydroxyl groups is 1. The molecule has 1 N–H and O–H groups in total. The van der Waals surface area contributed by atoms with Crippen molar-refractivity contribution in [3.05, 3.63) is 114 Å². The number of Topliss-reactive ketones (excluding diaryl/α,β-unsaturated/α-hetero) is 1. The van der Waals surface area contributed by atoms with Gasteiger partial charge in [-0.1, -0.05) is 24.3 Å². The zero-order valence-electron chi connectivity index (χ0n) is 20.4. The van der Waals surface area contributed by atoms with E-state index >= 15 is 0 Å². The first-order valence-electron chi connectivity index (χ1n) is 12.1. The summed E-state index contributed by atoms with van der Waals surface area (Å²) in [5, 5.41) is 11.2. The van der Waals surface area contributed by atoms with Crippen molar-refractivity contribution in [3.8, 4) is 5.75 Å². The molecule has 3 heterocycles. The Morgan fingerprint density at radius 3 is 2.57 bits per heavy atom. The molecule has 2 aromatic heterocycles. The van der Waals surface area contributed by atoms with E-state index in [1.54, 1.807) is 48.9 Å². The van der Waals surface area contributed by atoms with Crippen LogP contribution in [0.3, 0.4) is 0 Å². The van der Waals surface area contributed by atoms with E-state index < -0.39 is 17.7 Å². The summed E-state index contributed by atoms with van der Waals surface area (Å²) < 4.78 is 13.4. The largest absolute Gasteiger partial charge is 0.507 e. The number of ketones is 1. The zero-order valence-corrected chi connectivity index (χ0v) is 20.4. The molecule has 0 unspecified atom stereocenters. The van der Waals surface area contributed by atoms with Crippen molar-refractivity contribution in [2.75, 3.05) is 6.54 Å². The van der Waals surface area contributed by atoms with Crippen molar-refractivity contribution in [1.82, 2.24) is 14.5 Å². The van der Waals surface area contributed by atoms with Gasteiger partial charge >= 0.3 is 0 Å². The van der Waals surface area contributed by atoms with Gasteiger partial charge in [-0.25, -0.2) is 4.98 Å². The zero-order chi connectivity index (χ0) is 25.8. The summed E-state index contributed by atoms with van der Waals surface area (Å²) in [6.45, 7) is 3.40. The third-order valence-electron chi connectivity index (χ3n) is 6.51. The number of benzene rings is 2. The predicted molar refractivity (Wildman–Crippen MR) is 137 cm³/mol. The van der Waals surface area contributed by atoms with Crippen LogP contribution in [0.15, 0.2) is 95.6 Å². The Kier molecular flexibility index (Phi) is 6.89. The van der Waals surface area contributed by atoms with Crippen LogP contribution in [-0.2, 0) is 22.7 Å². The average Bonchev–Trinajstić information content (AvgIpc) is 3.67. The van der Waals surface area contributed by atoms with Gasteiger partial charge < -0.3 is 23.7 Å². The summed E-state index contributed by atoms with van der Waals surface area (Å²) in [7, 11) is 0. The number of rotatable bonds is 9. The molecule has 4 aromatic rings. The first-order valence-corrected chi connectivity index (χ1v) is 12.1. The Balaban J connectivity index is 1.37. The Labute approximate surface area is 214 Å². The van der Waals surface area contributed by atoms with E-state index in [4.69, 9.17) is 9.15 Å². The van der Waals surface area contributed by atoms with Crippen molar-refractivity contribution in [2.24, 2.45) is 0 Å². The van der Waals surface area contributed by atoms with Gasteiger partial charge in [0.05, 0.1) is 18.2 Å². The number of amides is 1. The fourth-order valence-corrected chi connectivity index (χ4v) is 4.49. The van der Waals surface area contributed by atoms with Gasteiger partial charge in [0.2, 0.25) is 0 Å². The number of hydrogen-bond donors (Lipinski definition) is 1. The van der Waals surface area contributed by atoms with Gasteiger partial charge in [0.25, 0.3) is 11.7 Å². The number of carbonyl (C=O) groups is 2. The minimum absolute atomic E-state index is 0.0103. The van der Waals surface area contributed by atoms with E-state index in [0.29, 0.717) is 43.2 Å². The lowest BCUT2D eigenvalue weighted by molar-refractivity contribution is -0.140. The Morgan fingerprint density at radius 1 is 1.05 bits per heavy atom. The molecule has 37 heavy (non-hydrogen) atoms. The second kappa shape index (κ2) is 10.6. The topological polar surface area (TPSA) is 97.8 Å². The normalized spacial score (nSPS) is 16.9. The molecule has 5 rings (SSSR count). The summed E-state index contributed by atoms with van der Waals surface area (Å²) in [5.41, 5.74) is 2.65. The first-order chi connectivity index (χ1) is 18.0. The molecule has 0 saturated carbocycles. The van der Waals surface area contributed by atoms with E-state index in [2.05, 4.69) is 4.98 Å². The summed E-state index contributed by atoms with van der Waals surface area (Å²) in [5.74, 6) is -0.598. The van der Waals surface area contributed by atoms with Crippen molar-refractivity contribution >= 4 is 17.4 Å². The second-order valence-corrected chi connectivity index (χ2v) is 8.90. The minimum Gasteiger partial charge on any atom is -0.507 e. The van der Waals surface area contributed by atoms with Gasteiger partial charge in [-0.2, -0.15) is 0 Å². The lowest BCUT2D eigenvalue weighted by Gasteiger charge is -2.23. The van der Waals surface area contributed by atoms with E-state index in [-0.39, 0.29) is 11.3 Å². The number of imidazole rings is 1. The number of aryl methyl sites for hydroxylation is 2. The van der Waals surface area contributed by atoms with Gasteiger partial charge in [-0.05, 0) is 60.9 Å². The minimum atomic E-state index is -0.810. The van der Waals surface area contributed by atoms with Crippen LogP contribution >= 0.6 is 0 Å². The van der Waals surface area contributed by atoms with E-state index in [0.717, 1.165) is 11.1 Å². The molecule has 2 aromatic carbocycles. The molecule has 1 fully saturated rings. The number of furan rings is 1. The number of carbonyl (C=O) groups excluding carboxylic acids is 2. The van der Waals surface area contributed by atoms with Crippen LogP contribution < -0.4 is 4.74 Å². The van der Waals surface area contributed by atoms with E-state index in [1.807, 2.05) is 42.0 Å². The molecule has 1 saturated heterocycles. The van der Waals surface area contributed by atoms with Crippen LogP contribution in [0.2, 0.25) is 0 Å². The van der Waals surface area contributed by atoms with Crippen molar-refractivity contribution in [1.29, 1.82) is 0 Å². The smallest absolute Gasteiger partial charge is 0.295 e. The highest BCUT2D eigenvalue weighted by Gasteiger charge is 2.47. The summed E-state index contributed by atoms with van der Waals surface area (Å²) >= 11 is 0. The van der Waals surface area contributed by atoms with Gasteiger partial charge in [0.1, 0.15) is 29.9 Å². The van der Waals surface area contributed by atoms with E-state index in [9.17, 15) is 14.7 Å². The maximum absolute atomic E-state index is 13.1. The molecule has 0 spiro atoms. The molecule has 1 aliphatic rings. The van der Waals surface area contributed by atoms with Gasteiger partial charge in [-0.3, -0.25) is 9.59 Å². The molecule has 8 heteroatoms. The fourth-order valence-electron chi connectivity index (χ4n) is 4.49. The third-order valence-corrected chi connectivity index (χ3v) is 6.51. The lowest BCUT2D eigenvalue weighted by atomic mass is 9.99. The highest BCUT2D eigenvalue weighted by Crippen LogP contribution is 2.39. The van der Waals surface area contributed by atoms with Gasteiger partial charge in [-0.15, -0.1) is 0 Å². The number of nitrogens with zero attached hydrogens (tertiary/aromatic N) is 3. The number of hydrogen-bond acceptors (Lipinski definition) is 6. The molecular weight excluding hydrogens is 470 g/mol. The number of aliphatic hydroxyl groups excluding tert-OH is 1.